The summed E-state index contributed by atoms with van der Waals surface area (Å²) in [5.41, 5.74) is 2.41. The van der Waals surface area contributed by atoms with Crippen molar-refractivity contribution < 1.29 is 28.2 Å². The molecule has 3 aliphatic rings. The number of carbonyl (C=O) groups excluding carboxylic acids is 3. The average Bonchev–Trinajstić information content (AvgIpc) is 3.19. The van der Waals surface area contributed by atoms with E-state index in [1.807, 2.05) is 17.2 Å². The van der Waals surface area contributed by atoms with Gasteiger partial charge in [-0.05, 0) is 85.4 Å². The van der Waals surface area contributed by atoms with Gasteiger partial charge in [-0.15, -0.1) is 0 Å². The van der Waals surface area contributed by atoms with Gasteiger partial charge in [0.15, 0.2) is 11.6 Å². The van der Waals surface area contributed by atoms with E-state index in [-0.39, 0.29) is 54.4 Å². The SMILES string of the molecule is CCCCn1cc(-c2ccc(OC3CCN(CC4CCN(C(=O)c5ccc(OC)c(N6CCC(=O)CC6=O)c5)CC4)CC3)c(F)c2)c2ccncc2c1=O. The highest BCUT2D eigenvalue weighted by molar-refractivity contribution is 6.09. The van der Waals surface area contributed by atoms with Gasteiger partial charge >= 0.3 is 0 Å². The Balaban J connectivity index is 0.909. The molecule has 0 atom stereocenters. The number of nitrogens with zero attached hydrogens (tertiary/aromatic N) is 5. The molecule has 0 aliphatic carbocycles. The Morgan fingerprint density at radius 3 is 2.43 bits per heavy atom. The maximum absolute atomic E-state index is 15.5. The van der Waals surface area contributed by atoms with E-state index in [0.717, 1.165) is 69.1 Å². The molecule has 54 heavy (non-hydrogen) atoms. The van der Waals surface area contributed by atoms with Crippen LogP contribution in [0.1, 0.15) is 68.6 Å². The normalized spacial score (nSPS) is 17.7. The van der Waals surface area contributed by atoms with Gasteiger partial charge in [-0.2, -0.15) is 0 Å². The monoisotopic (exact) mass is 737 g/mol. The van der Waals surface area contributed by atoms with E-state index < -0.39 is 5.82 Å². The number of amides is 2. The molecule has 3 fully saturated rings. The lowest BCUT2D eigenvalue weighted by Crippen LogP contribution is -2.44. The average molecular weight is 738 g/mol. The van der Waals surface area contributed by atoms with E-state index in [1.54, 1.807) is 52.2 Å². The number of anilines is 1. The molecular weight excluding hydrogens is 689 g/mol. The van der Waals surface area contributed by atoms with E-state index >= 15 is 4.39 Å². The van der Waals surface area contributed by atoms with Gasteiger partial charge in [0.1, 0.15) is 17.6 Å². The van der Waals surface area contributed by atoms with Gasteiger partial charge in [-0.1, -0.05) is 19.4 Å². The van der Waals surface area contributed by atoms with Crippen molar-refractivity contribution in [2.75, 3.05) is 51.3 Å². The van der Waals surface area contributed by atoms with Crippen LogP contribution in [0.25, 0.3) is 21.9 Å². The Hall–Kier alpha value is -5.10. The van der Waals surface area contributed by atoms with Gasteiger partial charge < -0.3 is 28.7 Å². The number of carbonyl (C=O) groups is 3. The zero-order chi connectivity index (χ0) is 37.8. The van der Waals surface area contributed by atoms with Crippen molar-refractivity contribution in [3.05, 3.63) is 82.8 Å². The number of pyridine rings is 2. The van der Waals surface area contributed by atoms with Gasteiger partial charge in [0, 0.05) is 82.0 Å². The highest BCUT2D eigenvalue weighted by Gasteiger charge is 2.31. The number of benzene rings is 2. The molecule has 3 aliphatic heterocycles. The van der Waals surface area contributed by atoms with Crippen molar-refractivity contribution in [2.45, 2.75) is 70.9 Å². The number of halogens is 1. The van der Waals surface area contributed by atoms with Gasteiger partial charge in [-0.25, -0.2) is 4.39 Å². The molecule has 3 saturated heterocycles. The minimum Gasteiger partial charge on any atom is -0.495 e. The molecule has 2 amide bonds. The number of hydrogen-bond acceptors (Lipinski definition) is 8. The van der Waals surface area contributed by atoms with Crippen LogP contribution in [0.3, 0.4) is 0 Å². The number of rotatable bonds is 11. The summed E-state index contributed by atoms with van der Waals surface area (Å²) in [6.07, 6.45) is 10.4. The number of hydrogen-bond donors (Lipinski definition) is 0. The largest absolute Gasteiger partial charge is 0.495 e. The topological polar surface area (TPSA) is 114 Å². The lowest BCUT2D eigenvalue weighted by Gasteiger charge is -2.37. The minimum absolute atomic E-state index is 0.0715. The highest BCUT2D eigenvalue weighted by atomic mass is 19.1. The maximum atomic E-state index is 15.5. The molecule has 7 rings (SSSR count). The first-order valence-electron chi connectivity index (χ1n) is 19.2. The predicted octanol–water partition coefficient (Wildman–Crippen LogP) is 6.10. The van der Waals surface area contributed by atoms with E-state index in [1.165, 1.54) is 13.2 Å². The zero-order valence-corrected chi connectivity index (χ0v) is 31.1. The first kappa shape index (κ1) is 37.2. The van der Waals surface area contributed by atoms with Gasteiger partial charge in [-0.3, -0.25) is 24.2 Å². The fourth-order valence-corrected chi connectivity index (χ4v) is 7.99. The van der Waals surface area contributed by atoms with Crippen LogP contribution >= 0.6 is 0 Å². The maximum Gasteiger partial charge on any atom is 0.260 e. The molecule has 0 spiro atoms. The number of Topliss-reactive ketones (excluding diaryl/α,β-unsaturated/α-hetero) is 1. The summed E-state index contributed by atoms with van der Waals surface area (Å²) in [6.45, 7) is 6.93. The Bertz CT molecular complexity index is 2090. The second-order valence-electron chi connectivity index (χ2n) is 14.7. The Morgan fingerprint density at radius 1 is 0.926 bits per heavy atom. The molecule has 12 heteroatoms. The van der Waals surface area contributed by atoms with E-state index in [4.69, 9.17) is 9.47 Å². The summed E-state index contributed by atoms with van der Waals surface area (Å²) in [5, 5.41) is 1.27. The predicted molar refractivity (Wildman–Crippen MR) is 205 cm³/mol. The van der Waals surface area contributed by atoms with Crippen LogP contribution in [0, 0.1) is 11.7 Å². The highest BCUT2D eigenvalue weighted by Crippen LogP contribution is 2.34. The third kappa shape index (κ3) is 8.03. The molecule has 4 aromatic rings. The molecule has 284 valence electrons. The van der Waals surface area contributed by atoms with E-state index in [9.17, 15) is 19.2 Å². The van der Waals surface area contributed by atoms with Crippen LogP contribution in [0.2, 0.25) is 0 Å². The number of fused-ring (bicyclic) bond motifs is 1. The van der Waals surface area contributed by atoms with Crippen LogP contribution in [-0.2, 0) is 16.1 Å². The van der Waals surface area contributed by atoms with Crippen molar-refractivity contribution in [2.24, 2.45) is 5.92 Å². The van der Waals surface area contributed by atoms with Gasteiger partial charge in [0.2, 0.25) is 5.91 Å². The third-order valence-electron chi connectivity index (χ3n) is 11.1. The second kappa shape index (κ2) is 16.5. The van der Waals surface area contributed by atoms with Crippen LogP contribution in [-0.4, -0.2) is 89.4 Å². The van der Waals surface area contributed by atoms with Crippen molar-refractivity contribution >= 4 is 34.1 Å². The van der Waals surface area contributed by atoms with Crippen LogP contribution in [0.4, 0.5) is 10.1 Å². The van der Waals surface area contributed by atoms with Crippen molar-refractivity contribution in [1.82, 2.24) is 19.4 Å². The summed E-state index contributed by atoms with van der Waals surface area (Å²) in [4.78, 5) is 61.0. The fourth-order valence-electron chi connectivity index (χ4n) is 7.99. The van der Waals surface area contributed by atoms with E-state index in [2.05, 4.69) is 16.8 Å². The molecule has 0 saturated carbocycles. The van der Waals surface area contributed by atoms with Gasteiger partial charge in [0.25, 0.3) is 11.5 Å². The summed E-state index contributed by atoms with van der Waals surface area (Å²) in [7, 11) is 1.53. The third-order valence-corrected chi connectivity index (χ3v) is 11.1. The lowest BCUT2D eigenvalue weighted by atomic mass is 9.94. The minimum atomic E-state index is -0.424. The van der Waals surface area contributed by atoms with Crippen LogP contribution in [0.5, 0.6) is 11.5 Å². The first-order chi connectivity index (χ1) is 26.2. The number of ether oxygens (including phenoxy) is 2. The van der Waals surface area contributed by atoms with Crippen molar-refractivity contribution in [1.29, 1.82) is 0 Å². The number of unbranched alkanes of at least 4 members (excludes halogenated alkanes) is 1. The Morgan fingerprint density at radius 2 is 1.70 bits per heavy atom. The van der Waals surface area contributed by atoms with Crippen LogP contribution in [0.15, 0.2) is 65.8 Å². The molecule has 0 bridgehead atoms. The smallest absolute Gasteiger partial charge is 0.260 e. The summed E-state index contributed by atoms with van der Waals surface area (Å²) < 4.78 is 28.9. The molecule has 5 heterocycles. The molecular formula is C42H48FN5O6. The summed E-state index contributed by atoms with van der Waals surface area (Å²) in [6, 6.07) is 12.0. The van der Waals surface area contributed by atoms with Crippen molar-refractivity contribution in [3.63, 3.8) is 0 Å². The molecule has 0 unspecified atom stereocenters. The number of aryl methyl sites for hydroxylation is 1. The number of aromatic nitrogens is 2. The number of likely N-dealkylation sites (tertiary alicyclic amines) is 2. The molecule has 2 aromatic heterocycles. The zero-order valence-electron chi connectivity index (χ0n) is 31.1. The van der Waals surface area contributed by atoms with Gasteiger partial charge in [0.05, 0.1) is 24.6 Å². The quantitative estimate of drug-likeness (QED) is 0.170. The molecule has 11 nitrogen and oxygen atoms in total. The Kier molecular flexibility index (Phi) is 11.4. The first-order valence-corrected chi connectivity index (χ1v) is 19.2. The van der Waals surface area contributed by atoms with E-state index in [0.29, 0.717) is 53.5 Å². The summed E-state index contributed by atoms with van der Waals surface area (Å²) in [5.74, 6) is 0.352. The molecule has 2 aromatic carbocycles. The number of piperidine rings is 3. The van der Waals surface area contributed by atoms with Crippen molar-refractivity contribution in [3.8, 4) is 22.6 Å². The number of ketones is 1. The molecule has 0 N–H and O–H groups in total. The standard InChI is InChI=1S/C42H48FN5O6/c1-3-4-16-47-27-35(33-9-15-44-25-34(33)42(47)52)29-5-7-38(36(43)22-29)54-32-13-17-45(18-14-32)26-28-10-19-46(20-11-28)41(51)30-6-8-39(53-2)37(23-30)48-21-12-31(49)24-40(48)50/h5-9,15,22-23,25,27-28,32H,3-4,10-14,16-21,24,26H2,1-2H3. The second-order valence-corrected chi connectivity index (χ2v) is 14.7. The summed E-state index contributed by atoms with van der Waals surface area (Å²) >= 11 is 0. The number of methoxy groups -OCH3 is 1. The lowest BCUT2D eigenvalue weighted by molar-refractivity contribution is -0.128. The fraction of sp³-hybridized carbons (Fsp3) is 0.452. The Labute approximate surface area is 314 Å². The van der Waals surface area contributed by atoms with Crippen LogP contribution < -0.4 is 19.9 Å². The molecule has 0 radical (unpaired) electrons.